The molecule has 78 valence electrons. The number of nitrogens with zero attached hydrogens (tertiary/aromatic N) is 2. The number of nitrogens with one attached hydrogen (secondary N) is 1. The highest BCUT2D eigenvalue weighted by atomic mass is 32.2. The maximum absolute atomic E-state index is 11.2. The number of nitrogens with two attached hydrogens (primary N) is 1. The van der Waals surface area contributed by atoms with Gasteiger partial charge in [0.05, 0.1) is 6.20 Å². The summed E-state index contributed by atoms with van der Waals surface area (Å²) in [5.74, 6) is 0. The van der Waals surface area contributed by atoms with Gasteiger partial charge in [-0.3, -0.25) is 4.79 Å². The molecule has 2 rings (SSSR count). The van der Waals surface area contributed by atoms with Crippen LogP contribution in [0.3, 0.4) is 0 Å². The minimum absolute atomic E-state index is 0.158. The van der Waals surface area contributed by atoms with Crippen LogP contribution in [0.2, 0.25) is 0 Å². The van der Waals surface area contributed by atoms with E-state index >= 15 is 0 Å². The number of hydrogen-bond donors (Lipinski definition) is 2. The average molecular weight is 240 g/mol. The summed E-state index contributed by atoms with van der Waals surface area (Å²) in [6.07, 6.45) is 1.58. The molecule has 7 heteroatoms. The Morgan fingerprint density at radius 2 is 2.40 bits per heavy atom. The van der Waals surface area contributed by atoms with Crippen LogP contribution >= 0.6 is 23.1 Å². The van der Waals surface area contributed by atoms with Crippen LogP contribution in [0, 0.1) is 6.92 Å². The minimum atomic E-state index is -0.158. The van der Waals surface area contributed by atoms with E-state index in [0.717, 1.165) is 4.34 Å². The van der Waals surface area contributed by atoms with Gasteiger partial charge in [0.25, 0.3) is 5.56 Å². The van der Waals surface area contributed by atoms with Gasteiger partial charge >= 0.3 is 0 Å². The van der Waals surface area contributed by atoms with Crippen LogP contribution in [0.25, 0.3) is 0 Å². The topological polar surface area (TPSA) is 84.7 Å². The molecule has 0 spiro atoms. The van der Waals surface area contributed by atoms with E-state index in [4.69, 9.17) is 5.73 Å². The molecular formula is C8H8N4OS2. The number of nitrogen functional groups attached to an aromatic ring is 1. The van der Waals surface area contributed by atoms with E-state index in [1.165, 1.54) is 29.2 Å². The lowest BCUT2D eigenvalue weighted by atomic mass is 10.5. The summed E-state index contributed by atoms with van der Waals surface area (Å²) < 4.78 is 0.765. The number of H-pyrrole nitrogens is 1. The monoisotopic (exact) mass is 240 g/mol. The van der Waals surface area contributed by atoms with E-state index in [9.17, 15) is 4.79 Å². The first-order valence-corrected chi connectivity index (χ1v) is 5.74. The molecule has 0 aliphatic rings. The highest BCUT2D eigenvalue weighted by molar-refractivity contribution is 8.00. The fraction of sp³-hybridized carbons (Fsp3) is 0.125. The summed E-state index contributed by atoms with van der Waals surface area (Å²) in [5, 5.41) is 1.18. The molecule has 5 nitrogen and oxygen atoms in total. The summed E-state index contributed by atoms with van der Waals surface area (Å²) in [7, 11) is 0. The van der Waals surface area contributed by atoms with Crippen LogP contribution in [-0.2, 0) is 0 Å². The van der Waals surface area contributed by atoms with E-state index in [1.807, 2.05) is 0 Å². The molecule has 0 aromatic carbocycles. The van der Waals surface area contributed by atoms with Gasteiger partial charge in [-0.05, 0) is 18.7 Å². The van der Waals surface area contributed by atoms with Gasteiger partial charge in [-0.2, -0.15) is 0 Å². The van der Waals surface area contributed by atoms with Crippen molar-refractivity contribution in [3.8, 4) is 0 Å². The highest BCUT2D eigenvalue weighted by Gasteiger charge is 2.04. The van der Waals surface area contributed by atoms with Crippen molar-refractivity contribution in [1.29, 1.82) is 0 Å². The third-order valence-electron chi connectivity index (χ3n) is 1.53. The first kappa shape index (κ1) is 10.2. The predicted octanol–water partition coefficient (Wildman–Crippen LogP) is 1.27. The second-order valence-corrected chi connectivity index (χ2v) is 5.12. The zero-order chi connectivity index (χ0) is 10.8. The molecule has 0 atom stereocenters. The van der Waals surface area contributed by atoms with Crippen molar-refractivity contribution in [2.24, 2.45) is 0 Å². The number of aromatic nitrogens is 3. The quantitative estimate of drug-likeness (QED) is 0.772. The molecule has 0 amide bonds. The SMILES string of the molecule is Cc1cc(=O)[nH]c(Sc2ncc(N)s2)n1. The van der Waals surface area contributed by atoms with Crippen molar-refractivity contribution < 1.29 is 0 Å². The van der Waals surface area contributed by atoms with Gasteiger partial charge in [-0.25, -0.2) is 9.97 Å². The maximum Gasteiger partial charge on any atom is 0.251 e. The molecule has 0 aliphatic carbocycles. The summed E-state index contributed by atoms with van der Waals surface area (Å²) in [4.78, 5) is 22.0. The third kappa shape index (κ3) is 2.57. The van der Waals surface area contributed by atoms with Gasteiger partial charge in [0.15, 0.2) is 9.50 Å². The number of anilines is 1. The highest BCUT2D eigenvalue weighted by Crippen LogP contribution is 2.29. The van der Waals surface area contributed by atoms with Crippen LogP contribution in [0.1, 0.15) is 5.69 Å². The largest absolute Gasteiger partial charge is 0.389 e. The van der Waals surface area contributed by atoms with E-state index in [0.29, 0.717) is 15.9 Å². The second-order valence-electron chi connectivity index (χ2n) is 2.82. The van der Waals surface area contributed by atoms with Crippen molar-refractivity contribution in [3.63, 3.8) is 0 Å². The summed E-state index contributed by atoms with van der Waals surface area (Å²) in [6, 6.07) is 1.44. The zero-order valence-corrected chi connectivity index (χ0v) is 9.48. The van der Waals surface area contributed by atoms with Crippen molar-refractivity contribution in [3.05, 3.63) is 28.3 Å². The first-order chi connectivity index (χ1) is 7.13. The van der Waals surface area contributed by atoms with Gasteiger partial charge in [-0.15, -0.1) is 0 Å². The van der Waals surface area contributed by atoms with E-state index in [1.54, 1.807) is 13.1 Å². The molecule has 3 N–H and O–H groups in total. The maximum atomic E-state index is 11.2. The Morgan fingerprint density at radius 1 is 1.60 bits per heavy atom. The molecule has 0 unspecified atom stereocenters. The third-order valence-corrected chi connectivity index (χ3v) is 3.32. The van der Waals surface area contributed by atoms with E-state index in [2.05, 4.69) is 15.0 Å². The molecule has 0 aliphatic heterocycles. The number of aromatic amines is 1. The Morgan fingerprint density at radius 3 is 3.00 bits per heavy atom. The second kappa shape index (κ2) is 4.03. The number of thiazole rings is 1. The van der Waals surface area contributed by atoms with Gasteiger partial charge in [0.2, 0.25) is 0 Å². The summed E-state index contributed by atoms with van der Waals surface area (Å²) in [6.45, 7) is 1.77. The van der Waals surface area contributed by atoms with Crippen LogP contribution in [0.15, 0.2) is 26.6 Å². The van der Waals surface area contributed by atoms with Gasteiger partial charge in [0, 0.05) is 11.8 Å². The average Bonchev–Trinajstić information content (AvgIpc) is 2.49. The smallest absolute Gasteiger partial charge is 0.251 e. The van der Waals surface area contributed by atoms with Crippen molar-refractivity contribution in [2.75, 3.05) is 5.73 Å². The lowest BCUT2D eigenvalue weighted by molar-refractivity contribution is 0.904. The van der Waals surface area contributed by atoms with Crippen LogP contribution in [-0.4, -0.2) is 15.0 Å². The number of rotatable bonds is 2. The van der Waals surface area contributed by atoms with Crippen molar-refractivity contribution in [1.82, 2.24) is 15.0 Å². The summed E-state index contributed by atoms with van der Waals surface area (Å²) in [5.41, 5.74) is 6.07. The minimum Gasteiger partial charge on any atom is -0.389 e. The number of hydrogen-bond acceptors (Lipinski definition) is 6. The van der Waals surface area contributed by atoms with E-state index in [-0.39, 0.29) is 5.56 Å². The molecule has 0 bridgehead atoms. The fourth-order valence-corrected chi connectivity index (χ4v) is 2.72. The molecule has 2 heterocycles. The molecule has 15 heavy (non-hydrogen) atoms. The van der Waals surface area contributed by atoms with E-state index < -0.39 is 0 Å². The molecule has 0 radical (unpaired) electrons. The number of aryl methyl sites for hydroxylation is 1. The van der Waals surface area contributed by atoms with Crippen molar-refractivity contribution >= 4 is 28.1 Å². The standard InChI is InChI=1S/C8H8N4OS2/c1-4-2-6(13)12-7(11-4)15-8-10-3-5(9)14-8/h2-3H,9H2,1H3,(H,11,12,13). The fourth-order valence-electron chi connectivity index (χ4n) is 1.000. The zero-order valence-electron chi connectivity index (χ0n) is 7.85. The Kier molecular flexibility index (Phi) is 2.74. The molecule has 2 aromatic rings. The first-order valence-electron chi connectivity index (χ1n) is 4.10. The molecule has 2 aromatic heterocycles. The Labute approximate surface area is 93.8 Å². The van der Waals surface area contributed by atoms with Crippen LogP contribution in [0.4, 0.5) is 5.00 Å². The van der Waals surface area contributed by atoms with Crippen LogP contribution in [0.5, 0.6) is 0 Å². The molecule has 0 saturated carbocycles. The molecule has 0 fully saturated rings. The molecule has 0 saturated heterocycles. The van der Waals surface area contributed by atoms with Gasteiger partial charge < -0.3 is 10.7 Å². The Hall–Kier alpha value is -1.34. The molecular weight excluding hydrogens is 232 g/mol. The van der Waals surface area contributed by atoms with Gasteiger partial charge in [0.1, 0.15) is 5.00 Å². The Bertz CT molecular complexity index is 533. The predicted molar refractivity (Wildman–Crippen MR) is 60.2 cm³/mol. The van der Waals surface area contributed by atoms with Crippen molar-refractivity contribution in [2.45, 2.75) is 16.4 Å². The lowest BCUT2D eigenvalue weighted by Gasteiger charge is -1.97. The van der Waals surface area contributed by atoms with Gasteiger partial charge in [-0.1, -0.05) is 11.3 Å². The normalized spacial score (nSPS) is 10.5. The lowest BCUT2D eigenvalue weighted by Crippen LogP contribution is -2.07. The summed E-state index contributed by atoms with van der Waals surface area (Å²) >= 11 is 2.66. The van der Waals surface area contributed by atoms with Crippen LogP contribution < -0.4 is 11.3 Å². The Balaban J connectivity index is 2.28.